The number of hydrogen-bond acceptors (Lipinski definition) is 3. The van der Waals surface area contributed by atoms with E-state index >= 15 is 0 Å². The predicted octanol–water partition coefficient (Wildman–Crippen LogP) is 6.01. The molecule has 0 saturated carbocycles. The summed E-state index contributed by atoms with van der Waals surface area (Å²) >= 11 is 13.4. The van der Waals surface area contributed by atoms with E-state index in [4.69, 9.17) is 23.2 Å². The van der Waals surface area contributed by atoms with Gasteiger partial charge < -0.3 is 5.32 Å². The molecular formula is C18H10Cl2N2OS. The Bertz CT molecular complexity index is 1040. The number of halogens is 2. The summed E-state index contributed by atoms with van der Waals surface area (Å²) in [6.07, 6.45) is 0. The molecule has 2 heterocycles. The van der Waals surface area contributed by atoms with Crippen LogP contribution in [0.5, 0.6) is 0 Å². The standard InChI is InChI=1S/C18H10Cl2N2OS/c19-12-5-3-7-14(16(12)20)21-17(23)15-9-11-8-10-4-1-2-6-13(10)22-18(11)24-15/h1-9H,(H,21,23). The van der Waals surface area contributed by atoms with Crippen LogP contribution in [-0.2, 0) is 0 Å². The zero-order chi connectivity index (χ0) is 16.7. The summed E-state index contributed by atoms with van der Waals surface area (Å²) in [5, 5.41) is 5.52. The lowest BCUT2D eigenvalue weighted by atomic mass is 10.2. The van der Waals surface area contributed by atoms with Crippen LogP contribution in [0.15, 0.2) is 54.6 Å². The van der Waals surface area contributed by atoms with Crippen LogP contribution in [0, 0.1) is 0 Å². The molecule has 0 spiro atoms. The van der Waals surface area contributed by atoms with E-state index in [-0.39, 0.29) is 5.91 Å². The Hall–Kier alpha value is -2.14. The molecule has 0 bridgehead atoms. The van der Waals surface area contributed by atoms with Crippen LogP contribution in [0.3, 0.4) is 0 Å². The van der Waals surface area contributed by atoms with Gasteiger partial charge in [0.1, 0.15) is 4.83 Å². The van der Waals surface area contributed by atoms with Gasteiger partial charge >= 0.3 is 0 Å². The molecule has 1 N–H and O–H groups in total. The van der Waals surface area contributed by atoms with Crippen LogP contribution in [0.4, 0.5) is 5.69 Å². The van der Waals surface area contributed by atoms with Crippen molar-refractivity contribution in [1.82, 2.24) is 4.98 Å². The van der Waals surface area contributed by atoms with Crippen molar-refractivity contribution in [2.45, 2.75) is 0 Å². The van der Waals surface area contributed by atoms with E-state index in [0.29, 0.717) is 20.6 Å². The van der Waals surface area contributed by atoms with Crippen molar-refractivity contribution in [3.8, 4) is 0 Å². The number of carbonyl (C=O) groups is 1. The minimum atomic E-state index is -0.230. The Balaban J connectivity index is 1.71. The molecule has 3 nitrogen and oxygen atoms in total. The van der Waals surface area contributed by atoms with E-state index in [0.717, 1.165) is 21.1 Å². The summed E-state index contributed by atoms with van der Waals surface area (Å²) in [7, 11) is 0. The number of amides is 1. The number of anilines is 1. The summed E-state index contributed by atoms with van der Waals surface area (Å²) in [6, 6.07) is 16.9. The molecular weight excluding hydrogens is 363 g/mol. The zero-order valence-electron chi connectivity index (χ0n) is 12.2. The number of aromatic nitrogens is 1. The van der Waals surface area contributed by atoms with E-state index < -0.39 is 0 Å². The number of nitrogens with zero attached hydrogens (tertiary/aromatic N) is 1. The van der Waals surface area contributed by atoms with Gasteiger partial charge in [-0.05, 0) is 30.3 Å². The summed E-state index contributed by atoms with van der Waals surface area (Å²) in [6.45, 7) is 0. The normalized spacial score (nSPS) is 11.1. The molecule has 0 fully saturated rings. The fraction of sp³-hybridized carbons (Fsp3) is 0. The van der Waals surface area contributed by atoms with Gasteiger partial charge in [-0.25, -0.2) is 4.98 Å². The van der Waals surface area contributed by atoms with Crippen LogP contribution < -0.4 is 5.32 Å². The lowest BCUT2D eigenvalue weighted by Crippen LogP contribution is -2.10. The maximum absolute atomic E-state index is 12.5. The first kappa shape index (κ1) is 15.4. The average molecular weight is 373 g/mol. The molecule has 0 aliphatic rings. The molecule has 0 aliphatic carbocycles. The van der Waals surface area contributed by atoms with Crippen LogP contribution in [0.2, 0.25) is 10.0 Å². The summed E-state index contributed by atoms with van der Waals surface area (Å²) in [5.74, 6) is -0.230. The number of thiophene rings is 1. The molecule has 0 saturated heterocycles. The fourth-order valence-electron chi connectivity index (χ4n) is 2.47. The molecule has 0 unspecified atom stereocenters. The topological polar surface area (TPSA) is 42.0 Å². The van der Waals surface area contributed by atoms with Crippen LogP contribution in [-0.4, -0.2) is 10.9 Å². The molecule has 0 aliphatic heterocycles. The minimum absolute atomic E-state index is 0.230. The van der Waals surface area contributed by atoms with E-state index in [1.165, 1.54) is 11.3 Å². The van der Waals surface area contributed by atoms with Crippen LogP contribution >= 0.6 is 34.5 Å². The third kappa shape index (κ3) is 2.73. The Morgan fingerprint density at radius 2 is 1.83 bits per heavy atom. The molecule has 118 valence electrons. The van der Waals surface area contributed by atoms with Gasteiger partial charge in [-0.15, -0.1) is 11.3 Å². The predicted molar refractivity (Wildman–Crippen MR) is 102 cm³/mol. The average Bonchev–Trinajstić information content (AvgIpc) is 2.99. The van der Waals surface area contributed by atoms with Gasteiger partial charge in [0.25, 0.3) is 5.91 Å². The molecule has 0 radical (unpaired) electrons. The van der Waals surface area contributed by atoms with Gasteiger partial charge in [0, 0.05) is 10.8 Å². The second-order valence-corrected chi connectivity index (χ2v) is 7.06. The number of nitrogens with one attached hydrogen (secondary N) is 1. The highest BCUT2D eigenvalue weighted by Gasteiger charge is 2.14. The SMILES string of the molecule is O=C(Nc1cccc(Cl)c1Cl)c1cc2cc3ccccc3nc2s1. The number of para-hydroxylation sites is 1. The number of pyridine rings is 1. The molecule has 2 aromatic carbocycles. The smallest absolute Gasteiger partial charge is 0.265 e. The number of carbonyl (C=O) groups excluding carboxylic acids is 1. The molecule has 0 atom stereocenters. The van der Waals surface area contributed by atoms with E-state index in [9.17, 15) is 4.79 Å². The number of benzene rings is 2. The maximum Gasteiger partial charge on any atom is 0.265 e. The van der Waals surface area contributed by atoms with Crippen molar-refractivity contribution >= 4 is 67.3 Å². The molecule has 24 heavy (non-hydrogen) atoms. The molecule has 2 aromatic heterocycles. The van der Waals surface area contributed by atoms with E-state index in [2.05, 4.69) is 10.3 Å². The Morgan fingerprint density at radius 3 is 2.71 bits per heavy atom. The van der Waals surface area contributed by atoms with Crippen LogP contribution in [0.25, 0.3) is 21.1 Å². The second-order valence-electron chi connectivity index (χ2n) is 5.24. The molecule has 6 heteroatoms. The highest BCUT2D eigenvalue weighted by molar-refractivity contribution is 7.20. The third-order valence-electron chi connectivity index (χ3n) is 3.63. The van der Waals surface area contributed by atoms with Gasteiger partial charge in [-0.3, -0.25) is 4.79 Å². The van der Waals surface area contributed by atoms with Crippen molar-refractivity contribution in [1.29, 1.82) is 0 Å². The minimum Gasteiger partial charge on any atom is -0.320 e. The number of rotatable bonds is 2. The largest absolute Gasteiger partial charge is 0.320 e. The van der Waals surface area contributed by atoms with Gasteiger partial charge in [-0.1, -0.05) is 47.5 Å². The number of fused-ring (bicyclic) bond motifs is 2. The van der Waals surface area contributed by atoms with Gasteiger partial charge in [0.15, 0.2) is 0 Å². The summed E-state index contributed by atoms with van der Waals surface area (Å²) < 4.78 is 0. The van der Waals surface area contributed by atoms with Gasteiger partial charge in [0.2, 0.25) is 0 Å². The second kappa shape index (κ2) is 6.06. The first-order chi connectivity index (χ1) is 11.6. The summed E-state index contributed by atoms with van der Waals surface area (Å²) in [5.41, 5.74) is 1.40. The lowest BCUT2D eigenvalue weighted by Gasteiger charge is -2.06. The maximum atomic E-state index is 12.5. The first-order valence-electron chi connectivity index (χ1n) is 7.16. The fourth-order valence-corrected chi connectivity index (χ4v) is 3.74. The Kier molecular flexibility index (Phi) is 3.88. The summed E-state index contributed by atoms with van der Waals surface area (Å²) in [4.78, 5) is 18.5. The van der Waals surface area contributed by atoms with Gasteiger partial charge in [-0.2, -0.15) is 0 Å². The van der Waals surface area contributed by atoms with Crippen molar-refractivity contribution < 1.29 is 4.79 Å². The monoisotopic (exact) mass is 372 g/mol. The molecule has 4 rings (SSSR count). The lowest BCUT2D eigenvalue weighted by molar-refractivity contribution is 0.103. The van der Waals surface area contributed by atoms with E-state index in [1.54, 1.807) is 18.2 Å². The van der Waals surface area contributed by atoms with Gasteiger partial charge in [0.05, 0.1) is 26.1 Å². The van der Waals surface area contributed by atoms with Crippen molar-refractivity contribution in [2.24, 2.45) is 0 Å². The molecule has 1 amide bonds. The Labute approximate surface area is 151 Å². The Morgan fingerprint density at radius 1 is 1.00 bits per heavy atom. The van der Waals surface area contributed by atoms with Crippen molar-refractivity contribution in [2.75, 3.05) is 5.32 Å². The highest BCUT2D eigenvalue weighted by atomic mass is 35.5. The quantitative estimate of drug-likeness (QED) is 0.468. The van der Waals surface area contributed by atoms with E-state index in [1.807, 2.05) is 36.4 Å². The zero-order valence-corrected chi connectivity index (χ0v) is 14.5. The van der Waals surface area contributed by atoms with Crippen LogP contribution in [0.1, 0.15) is 9.67 Å². The molecule has 4 aromatic rings. The van der Waals surface area contributed by atoms with Crippen molar-refractivity contribution in [3.63, 3.8) is 0 Å². The third-order valence-corrected chi connectivity index (χ3v) is 5.50. The number of hydrogen-bond donors (Lipinski definition) is 1. The first-order valence-corrected chi connectivity index (χ1v) is 8.74. The van der Waals surface area contributed by atoms with Crippen molar-refractivity contribution in [3.05, 3.63) is 69.5 Å². The highest BCUT2D eigenvalue weighted by Crippen LogP contribution is 2.31.